The molecular formula is C18H21N3O2. The van der Waals surface area contributed by atoms with E-state index in [1.165, 1.54) is 0 Å². The minimum atomic E-state index is -0.266. The standard InChI is InChI=1S/C18H21N3O2/c1-3-23-18(13-17(22-2)14-9-5-4-6-10-14)21-19-15-11-7-8-12-16(15)20-21/h4-12,17-18H,3,13H2,1-2H3. The van der Waals surface area contributed by atoms with Gasteiger partial charge in [0.1, 0.15) is 11.0 Å². The predicted octanol–water partition coefficient (Wildman–Crippen LogP) is 3.74. The van der Waals surface area contributed by atoms with Gasteiger partial charge in [-0.2, -0.15) is 15.0 Å². The molecule has 5 heteroatoms. The maximum absolute atomic E-state index is 5.87. The first kappa shape index (κ1) is 15.6. The fourth-order valence-electron chi connectivity index (χ4n) is 2.65. The van der Waals surface area contributed by atoms with Crippen LogP contribution in [0.4, 0.5) is 0 Å². The number of hydrogen-bond acceptors (Lipinski definition) is 4. The van der Waals surface area contributed by atoms with Crippen LogP contribution >= 0.6 is 0 Å². The quantitative estimate of drug-likeness (QED) is 0.667. The van der Waals surface area contributed by atoms with E-state index in [1.807, 2.05) is 49.4 Å². The first-order valence-electron chi connectivity index (χ1n) is 7.82. The minimum absolute atomic E-state index is 0.0677. The second-order valence-electron chi connectivity index (χ2n) is 5.29. The molecule has 0 saturated heterocycles. The summed E-state index contributed by atoms with van der Waals surface area (Å²) in [6, 6.07) is 18.0. The van der Waals surface area contributed by atoms with Crippen LogP contribution in [0.5, 0.6) is 0 Å². The largest absolute Gasteiger partial charge is 0.377 e. The third kappa shape index (κ3) is 3.57. The molecular weight excluding hydrogens is 290 g/mol. The van der Waals surface area contributed by atoms with Gasteiger partial charge in [-0.25, -0.2) is 0 Å². The van der Waals surface area contributed by atoms with Gasteiger partial charge in [0, 0.05) is 20.1 Å². The van der Waals surface area contributed by atoms with E-state index in [1.54, 1.807) is 11.9 Å². The average Bonchev–Trinajstić information content (AvgIpc) is 3.03. The molecule has 0 bridgehead atoms. The lowest BCUT2D eigenvalue weighted by Gasteiger charge is -2.22. The van der Waals surface area contributed by atoms with Crippen molar-refractivity contribution in [1.82, 2.24) is 15.0 Å². The van der Waals surface area contributed by atoms with Crippen LogP contribution in [0.3, 0.4) is 0 Å². The topological polar surface area (TPSA) is 49.2 Å². The summed E-state index contributed by atoms with van der Waals surface area (Å²) in [6.45, 7) is 2.56. The van der Waals surface area contributed by atoms with Gasteiger partial charge in [-0.1, -0.05) is 42.5 Å². The van der Waals surface area contributed by atoms with Gasteiger partial charge in [0.2, 0.25) is 0 Å². The molecule has 0 fully saturated rings. The molecule has 3 rings (SSSR count). The lowest BCUT2D eigenvalue weighted by molar-refractivity contribution is -0.0499. The number of nitrogens with zero attached hydrogens (tertiary/aromatic N) is 3. The van der Waals surface area contributed by atoms with Gasteiger partial charge in [0.05, 0.1) is 6.10 Å². The van der Waals surface area contributed by atoms with Crippen molar-refractivity contribution in [3.8, 4) is 0 Å². The Morgan fingerprint density at radius 3 is 2.13 bits per heavy atom. The van der Waals surface area contributed by atoms with Gasteiger partial charge in [-0.05, 0) is 24.6 Å². The molecule has 2 unspecified atom stereocenters. The monoisotopic (exact) mass is 311 g/mol. The van der Waals surface area contributed by atoms with Gasteiger partial charge in [-0.15, -0.1) is 0 Å². The van der Waals surface area contributed by atoms with Gasteiger partial charge in [0.15, 0.2) is 6.23 Å². The fourth-order valence-corrected chi connectivity index (χ4v) is 2.65. The van der Waals surface area contributed by atoms with Crippen LogP contribution in [-0.4, -0.2) is 28.7 Å². The van der Waals surface area contributed by atoms with Crippen molar-refractivity contribution in [1.29, 1.82) is 0 Å². The summed E-state index contributed by atoms with van der Waals surface area (Å²) in [5, 5.41) is 9.08. The van der Waals surface area contributed by atoms with E-state index in [2.05, 4.69) is 22.3 Å². The predicted molar refractivity (Wildman–Crippen MR) is 89.0 cm³/mol. The number of ether oxygens (including phenoxy) is 2. The number of fused-ring (bicyclic) bond motifs is 1. The van der Waals surface area contributed by atoms with Crippen LogP contribution in [0.15, 0.2) is 54.6 Å². The third-order valence-electron chi connectivity index (χ3n) is 3.79. The molecule has 120 valence electrons. The van der Waals surface area contributed by atoms with Crippen molar-refractivity contribution in [2.45, 2.75) is 25.7 Å². The summed E-state index contributed by atoms with van der Waals surface area (Å²) in [5.74, 6) is 0. The van der Waals surface area contributed by atoms with Gasteiger partial charge < -0.3 is 9.47 Å². The van der Waals surface area contributed by atoms with Crippen LogP contribution in [-0.2, 0) is 9.47 Å². The molecule has 3 aromatic rings. The molecule has 2 aromatic carbocycles. The van der Waals surface area contributed by atoms with E-state index in [9.17, 15) is 0 Å². The van der Waals surface area contributed by atoms with E-state index in [4.69, 9.17) is 9.47 Å². The summed E-state index contributed by atoms with van der Waals surface area (Å²) in [4.78, 5) is 1.66. The molecule has 0 amide bonds. The van der Waals surface area contributed by atoms with Gasteiger partial charge in [0.25, 0.3) is 0 Å². The van der Waals surface area contributed by atoms with Crippen LogP contribution < -0.4 is 0 Å². The van der Waals surface area contributed by atoms with Gasteiger partial charge >= 0.3 is 0 Å². The Morgan fingerprint density at radius 1 is 0.957 bits per heavy atom. The molecule has 1 heterocycles. The smallest absolute Gasteiger partial charge is 0.172 e. The molecule has 0 spiro atoms. The summed E-state index contributed by atoms with van der Waals surface area (Å²) >= 11 is 0. The molecule has 2 atom stereocenters. The Labute approximate surface area is 135 Å². The van der Waals surface area contributed by atoms with E-state index >= 15 is 0 Å². The zero-order valence-electron chi connectivity index (χ0n) is 13.4. The highest BCUT2D eigenvalue weighted by Crippen LogP contribution is 2.27. The second kappa shape index (κ2) is 7.35. The highest BCUT2D eigenvalue weighted by atomic mass is 16.5. The van der Waals surface area contributed by atoms with Crippen LogP contribution in [0, 0.1) is 0 Å². The van der Waals surface area contributed by atoms with E-state index in [0.29, 0.717) is 13.0 Å². The third-order valence-corrected chi connectivity index (χ3v) is 3.79. The number of rotatable bonds is 7. The van der Waals surface area contributed by atoms with Crippen molar-refractivity contribution in [2.24, 2.45) is 0 Å². The average molecular weight is 311 g/mol. The minimum Gasteiger partial charge on any atom is -0.377 e. The SMILES string of the molecule is CCOC(CC(OC)c1ccccc1)n1nc2ccccc2n1. The zero-order chi connectivity index (χ0) is 16.1. The first-order chi connectivity index (χ1) is 11.3. The Kier molecular flexibility index (Phi) is 5.00. The van der Waals surface area contributed by atoms with Crippen molar-refractivity contribution >= 4 is 11.0 Å². The summed E-state index contributed by atoms with van der Waals surface area (Å²) in [5.41, 5.74) is 2.85. The van der Waals surface area contributed by atoms with Crippen LogP contribution in [0.2, 0.25) is 0 Å². The number of benzene rings is 2. The van der Waals surface area contributed by atoms with Gasteiger partial charge in [-0.3, -0.25) is 0 Å². The zero-order valence-corrected chi connectivity index (χ0v) is 13.4. The van der Waals surface area contributed by atoms with E-state index in [0.717, 1.165) is 16.6 Å². The van der Waals surface area contributed by atoms with Crippen molar-refractivity contribution < 1.29 is 9.47 Å². The molecule has 23 heavy (non-hydrogen) atoms. The highest BCUT2D eigenvalue weighted by Gasteiger charge is 2.21. The van der Waals surface area contributed by atoms with Crippen LogP contribution in [0.25, 0.3) is 11.0 Å². The lowest BCUT2D eigenvalue weighted by atomic mass is 10.1. The molecule has 0 saturated carbocycles. The van der Waals surface area contributed by atoms with E-state index in [-0.39, 0.29) is 12.3 Å². The second-order valence-corrected chi connectivity index (χ2v) is 5.29. The Bertz CT molecular complexity index is 709. The maximum atomic E-state index is 5.87. The fraction of sp³-hybridized carbons (Fsp3) is 0.333. The molecule has 0 radical (unpaired) electrons. The lowest BCUT2D eigenvalue weighted by Crippen LogP contribution is -2.19. The van der Waals surface area contributed by atoms with Crippen molar-refractivity contribution in [3.05, 3.63) is 60.2 Å². The van der Waals surface area contributed by atoms with E-state index < -0.39 is 0 Å². The van der Waals surface area contributed by atoms with Crippen LogP contribution in [0.1, 0.15) is 31.2 Å². The molecule has 0 aliphatic rings. The summed E-state index contributed by atoms with van der Waals surface area (Å²) in [7, 11) is 1.72. The molecule has 0 N–H and O–H groups in total. The number of aromatic nitrogens is 3. The van der Waals surface area contributed by atoms with Crippen molar-refractivity contribution in [3.63, 3.8) is 0 Å². The molecule has 0 aliphatic carbocycles. The first-order valence-corrected chi connectivity index (χ1v) is 7.82. The molecule has 0 aliphatic heterocycles. The Balaban J connectivity index is 1.85. The molecule has 5 nitrogen and oxygen atoms in total. The number of hydrogen-bond donors (Lipinski definition) is 0. The summed E-state index contributed by atoms with van der Waals surface area (Å²) in [6.07, 6.45) is 0.314. The Morgan fingerprint density at radius 2 is 1.57 bits per heavy atom. The molecule has 1 aromatic heterocycles. The normalized spacial score (nSPS) is 14.0. The summed E-state index contributed by atoms with van der Waals surface area (Å²) < 4.78 is 11.5. The number of methoxy groups -OCH3 is 1. The Hall–Kier alpha value is -2.24. The van der Waals surface area contributed by atoms with Crippen molar-refractivity contribution in [2.75, 3.05) is 13.7 Å². The highest BCUT2D eigenvalue weighted by molar-refractivity contribution is 5.72. The maximum Gasteiger partial charge on any atom is 0.172 e.